The predicted molar refractivity (Wildman–Crippen MR) is 172 cm³/mol. The van der Waals surface area contributed by atoms with Crippen molar-refractivity contribution < 1.29 is 31.9 Å². The van der Waals surface area contributed by atoms with E-state index in [1.54, 1.807) is 31.3 Å². The molecule has 2 N–H and O–H groups in total. The van der Waals surface area contributed by atoms with Crippen molar-refractivity contribution in [3.8, 4) is 17.0 Å². The van der Waals surface area contributed by atoms with E-state index < -0.39 is 20.1 Å². The summed E-state index contributed by atoms with van der Waals surface area (Å²) in [5.74, 6) is -0.547. The van der Waals surface area contributed by atoms with E-state index in [0.717, 1.165) is 22.5 Å². The lowest BCUT2D eigenvalue weighted by molar-refractivity contribution is -0.111. The first kappa shape index (κ1) is 33.5. The number of fused-ring (bicyclic) bond motifs is 1. The van der Waals surface area contributed by atoms with E-state index in [9.17, 15) is 18.1 Å². The summed E-state index contributed by atoms with van der Waals surface area (Å²) < 4.78 is 57.1. The highest BCUT2D eigenvalue weighted by Crippen LogP contribution is 2.46. The maximum atomic E-state index is 13.6. The number of carbonyl (C=O) groups is 1. The molecule has 1 amide bonds. The number of nitrogens with one attached hydrogen (secondary N) is 2. The van der Waals surface area contributed by atoms with Gasteiger partial charge in [-0.3, -0.25) is 9.36 Å². The maximum Gasteiger partial charge on any atom is 0.387 e. The summed E-state index contributed by atoms with van der Waals surface area (Å²) in [6, 6.07) is 9.82. The number of nitrogens with zero attached hydrogens (tertiary/aromatic N) is 5. The van der Waals surface area contributed by atoms with Gasteiger partial charge in [-0.15, -0.1) is 0 Å². The molecule has 0 aliphatic carbocycles. The summed E-state index contributed by atoms with van der Waals surface area (Å²) in [6.07, 6.45) is 4.50. The van der Waals surface area contributed by atoms with E-state index in [4.69, 9.17) is 13.8 Å². The van der Waals surface area contributed by atoms with Crippen LogP contribution in [0, 0.1) is 0 Å². The van der Waals surface area contributed by atoms with Crippen molar-refractivity contribution in [3.63, 3.8) is 0 Å². The molecule has 0 aliphatic rings. The van der Waals surface area contributed by atoms with E-state index in [1.807, 2.05) is 41.7 Å². The third kappa shape index (κ3) is 7.66. The van der Waals surface area contributed by atoms with Crippen LogP contribution in [0.15, 0.2) is 61.4 Å². The van der Waals surface area contributed by atoms with Crippen LogP contribution in [0.25, 0.3) is 22.2 Å². The quantitative estimate of drug-likeness (QED) is 0.140. The molecule has 0 fully saturated rings. The first-order chi connectivity index (χ1) is 21.4. The van der Waals surface area contributed by atoms with Crippen LogP contribution < -0.4 is 25.6 Å². The Kier molecular flexibility index (Phi) is 10.6. The van der Waals surface area contributed by atoms with Gasteiger partial charge in [-0.1, -0.05) is 12.6 Å². The highest BCUT2D eigenvalue weighted by atomic mass is 31.2. The van der Waals surface area contributed by atoms with Crippen molar-refractivity contribution in [2.75, 3.05) is 64.0 Å². The first-order valence-corrected chi connectivity index (χ1v) is 15.3. The monoisotopic (exact) mass is 643 g/mol. The number of ether oxygens (including phenoxy) is 1. The third-order valence-electron chi connectivity index (χ3n) is 7.00. The smallest absolute Gasteiger partial charge is 0.387 e. The maximum absolute atomic E-state index is 13.6. The zero-order chi connectivity index (χ0) is 32.9. The molecule has 0 atom stereocenters. The Balaban J connectivity index is 1.75. The van der Waals surface area contributed by atoms with Crippen LogP contribution in [0.5, 0.6) is 5.75 Å². The molecule has 240 valence electrons. The molecule has 0 saturated carbocycles. The number of rotatable bonds is 14. The fourth-order valence-corrected chi connectivity index (χ4v) is 5.76. The summed E-state index contributed by atoms with van der Waals surface area (Å²) >= 11 is 0. The minimum atomic E-state index is -3.47. The van der Waals surface area contributed by atoms with Crippen molar-refractivity contribution in [2.45, 2.75) is 6.61 Å². The van der Waals surface area contributed by atoms with Gasteiger partial charge in [0.05, 0.1) is 28.1 Å². The number of benzene rings is 2. The number of halogens is 2. The normalized spacial score (nSPS) is 11.7. The Morgan fingerprint density at radius 3 is 2.49 bits per heavy atom. The van der Waals surface area contributed by atoms with E-state index in [1.165, 1.54) is 32.5 Å². The van der Waals surface area contributed by atoms with Gasteiger partial charge in [-0.05, 0) is 44.4 Å². The summed E-state index contributed by atoms with van der Waals surface area (Å²) in [5.41, 5.74) is 2.95. The molecular weight excluding hydrogens is 607 g/mol. The van der Waals surface area contributed by atoms with Crippen LogP contribution >= 0.6 is 7.60 Å². The SMILES string of the molecule is C=CC(=O)Nc1cc(Nc2nccc(-c3cn(C)c4cc(P(=O)(OC)OC)ccc34)n2)c(OC(F)F)cc1N(C)CCN(C)C. The Morgan fingerprint density at radius 1 is 1.11 bits per heavy atom. The number of anilines is 4. The Labute approximate surface area is 260 Å². The number of carbonyl (C=O) groups excluding carboxylic acids is 1. The molecule has 0 saturated heterocycles. The van der Waals surface area contributed by atoms with Crippen LogP contribution in [0.1, 0.15) is 0 Å². The van der Waals surface area contributed by atoms with Crippen molar-refractivity contribution in [2.24, 2.45) is 7.05 Å². The minimum absolute atomic E-state index is 0.0956. The van der Waals surface area contributed by atoms with E-state index >= 15 is 0 Å². The molecule has 2 heterocycles. The van der Waals surface area contributed by atoms with Gasteiger partial charge < -0.3 is 38.8 Å². The molecular formula is C30H36F2N7O5P. The van der Waals surface area contributed by atoms with Gasteiger partial charge in [0.15, 0.2) is 5.75 Å². The average molecular weight is 644 g/mol. The summed E-state index contributed by atoms with van der Waals surface area (Å²) in [6.45, 7) is 1.60. The molecule has 12 nitrogen and oxygen atoms in total. The minimum Gasteiger partial charge on any atom is -0.433 e. The largest absolute Gasteiger partial charge is 0.433 e. The zero-order valence-electron chi connectivity index (χ0n) is 25.9. The second-order valence-corrected chi connectivity index (χ2v) is 12.5. The molecule has 4 aromatic rings. The fourth-order valence-electron chi connectivity index (χ4n) is 4.65. The van der Waals surface area contributed by atoms with Gasteiger partial charge in [0.25, 0.3) is 0 Å². The molecule has 0 spiro atoms. The predicted octanol–water partition coefficient (Wildman–Crippen LogP) is 5.21. The van der Waals surface area contributed by atoms with Gasteiger partial charge in [0, 0.05) is 76.3 Å². The Hall–Kier alpha value is -4.36. The van der Waals surface area contributed by atoms with E-state index in [2.05, 4.69) is 27.2 Å². The molecule has 4 rings (SSSR count). The molecule has 0 aliphatic heterocycles. The fraction of sp³-hybridized carbons (Fsp3) is 0.300. The van der Waals surface area contributed by atoms with Gasteiger partial charge in [-0.2, -0.15) is 8.78 Å². The van der Waals surface area contributed by atoms with Crippen molar-refractivity contribution >= 4 is 52.7 Å². The third-order valence-corrected chi connectivity index (χ3v) is 8.87. The Bertz CT molecular complexity index is 1740. The van der Waals surface area contributed by atoms with Crippen molar-refractivity contribution in [3.05, 3.63) is 61.4 Å². The number of amides is 1. The average Bonchev–Trinajstić information content (AvgIpc) is 3.35. The summed E-state index contributed by atoms with van der Waals surface area (Å²) in [7, 11) is 6.63. The molecule has 45 heavy (non-hydrogen) atoms. The lowest BCUT2D eigenvalue weighted by Gasteiger charge is -2.26. The second-order valence-electron chi connectivity index (χ2n) is 10.3. The van der Waals surface area contributed by atoms with Crippen LogP contribution in [0.3, 0.4) is 0 Å². The molecule has 0 unspecified atom stereocenters. The van der Waals surface area contributed by atoms with Gasteiger partial charge >= 0.3 is 14.2 Å². The zero-order valence-corrected chi connectivity index (χ0v) is 26.8. The van der Waals surface area contributed by atoms with Crippen molar-refractivity contribution in [1.82, 2.24) is 19.4 Å². The molecule has 2 aromatic carbocycles. The summed E-state index contributed by atoms with van der Waals surface area (Å²) in [5, 5.41) is 6.93. The number of alkyl halides is 2. The molecule has 0 bridgehead atoms. The van der Waals surface area contributed by atoms with E-state index in [0.29, 0.717) is 35.5 Å². The second kappa shape index (κ2) is 14.2. The standard InChI is InChI=1S/C30H36F2N7O5P/c1-8-28(40)34-23-16-24(27(44-29(31)32)17-26(23)38(4)14-13-37(2)3)36-30-33-12-11-22(35-30)21-18-39(5)25-15-19(9-10-20(21)25)45(41,42-6)43-7/h8-12,15-18,29H,1,13-14H2,2-7H3,(H,34,40)(H,33,35,36). The number of aryl methyl sites for hydroxylation is 1. The molecule has 0 radical (unpaired) electrons. The highest BCUT2D eigenvalue weighted by molar-refractivity contribution is 7.62. The van der Waals surface area contributed by atoms with Crippen LogP contribution in [0.2, 0.25) is 0 Å². The van der Waals surface area contributed by atoms with Crippen molar-refractivity contribution in [1.29, 1.82) is 0 Å². The van der Waals surface area contributed by atoms with Crippen LogP contribution in [-0.2, 0) is 25.5 Å². The Morgan fingerprint density at radius 2 is 1.84 bits per heavy atom. The molecule has 15 heteroatoms. The van der Waals surface area contributed by atoms with Gasteiger partial charge in [0.2, 0.25) is 11.9 Å². The van der Waals surface area contributed by atoms with Crippen LogP contribution in [-0.4, -0.2) is 80.4 Å². The van der Waals surface area contributed by atoms with Crippen LogP contribution in [0.4, 0.5) is 31.8 Å². The lowest BCUT2D eigenvalue weighted by atomic mass is 10.1. The number of hydrogen-bond donors (Lipinski definition) is 2. The highest BCUT2D eigenvalue weighted by Gasteiger charge is 2.26. The summed E-state index contributed by atoms with van der Waals surface area (Å²) in [4.78, 5) is 25.0. The first-order valence-electron chi connectivity index (χ1n) is 13.7. The number of likely N-dealkylation sites (N-methyl/N-ethyl adjacent to an activating group) is 2. The van der Waals surface area contributed by atoms with Gasteiger partial charge in [0.1, 0.15) is 0 Å². The van der Waals surface area contributed by atoms with E-state index in [-0.39, 0.29) is 17.4 Å². The number of hydrogen-bond acceptors (Lipinski definition) is 10. The topological polar surface area (TPSA) is 123 Å². The van der Waals surface area contributed by atoms with Gasteiger partial charge in [-0.25, -0.2) is 9.97 Å². The lowest BCUT2D eigenvalue weighted by Crippen LogP contribution is -2.29. The molecule has 2 aromatic heterocycles. The number of aromatic nitrogens is 3.